The molecule has 0 radical (unpaired) electrons. The summed E-state index contributed by atoms with van der Waals surface area (Å²) in [6, 6.07) is 12.2. The lowest BCUT2D eigenvalue weighted by atomic mass is 9.76. The number of amides is 3. The zero-order valence-electron chi connectivity index (χ0n) is 16.9. The van der Waals surface area contributed by atoms with Gasteiger partial charge in [-0.2, -0.15) is 0 Å². The van der Waals surface area contributed by atoms with Crippen LogP contribution in [0, 0.1) is 24.7 Å². The molecule has 3 heterocycles. The second-order valence-corrected chi connectivity index (χ2v) is 9.03. The van der Waals surface area contributed by atoms with Gasteiger partial charge in [0.2, 0.25) is 17.7 Å². The third-order valence-corrected chi connectivity index (χ3v) is 7.16. The number of hydrogen-bond donors (Lipinski definition) is 2. The van der Waals surface area contributed by atoms with Crippen LogP contribution in [0.1, 0.15) is 25.0 Å². The normalized spacial score (nSPS) is 29.7. The van der Waals surface area contributed by atoms with E-state index in [2.05, 4.69) is 10.6 Å². The molecule has 0 unspecified atom stereocenters. The smallest absolute Gasteiger partial charge is 0.250 e. The Morgan fingerprint density at radius 1 is 1.03 bits per heavy atom. The van der Waals surface area contributed by atoms with Crippen molar-refractivity contribution in [1.29, 1.82) is 0 Å². The number of nitrogens with one attached hydrogen (secondary N) is 2. The van der Waals surface area contributed by atoms with E-state index in [0.717, 1.165) is 5.56 Å². The SMILES string of the molecule is Cc1c(Cl)cccc1N1C(=O)[C@H]2[C@@H](C1=O)[C@]1(N[C@H]2C(C)C)C(=O)Nc2ccccc21. The molecular weight excluding hydrogens is 402 g/mol. The molecule has 4 atom stereocenters. The maximum atomic E-state index is 13.8. The van der Waals surface area contributed by atoms with E-state index in [1.54, 1.807) is 25.1 Å². The molecule has 6 nitrogen and oxygen atoms in total. The summed E-state index contributed by atoms with van der Waals surface area (Å²) in [6.45, 7) is 5.78. The minimum absolute atomic E-state index is 0.0506. The molecule has 1 spiro atoms. The number of anilines is 2. The lowest BCUT2D eigenvalue weighted by Gasteiger charge is -2.30. The molecule has 5 rings (SSSR count). The second-order valence-electron chi connectivity index (χ2n) is 8.62. The average Bonchev–Trinajstić information content (AvgIpc) is 3.30. The predicted octanol–water partition coefficient (Wildman–Crippen LogP) is 3.23. The average molecular weight is 424 g/mol. The minimum atomic E-state index is -1.26. The maximum Gasteiger partial charge on any atom is 0.250 e. The highest BCUT2D eigenvalue weighted by Gasteiger charge is 2.71. The molecule has 3 amide bonds. The van der Waals surface area contributed by atoms with Crippen LogP contribution in [0.2, 0.25) is 5.02 Å². The van der Waals surface area contributed by atoms with Gasteiger partial charge >= 0.3 is 0 Å². The summed E-state index contributed by atoms with van der Waals surface area (Å²) in [5.74, 6) is -2.33. The van der Waals surface area contributed by atoms with Crippen LogP contribution >= 0.6 is 11.6 Å². The summed E-state index contributed by atoms with van der Waals surface area (Å²) in [5.41, 5.74) is 1.29. The van der Waals surface area contributed by atoms with Gasteiger partial charge in [-0.25, -0.2) is 4.90 Å². The largest absolute Gasteiger partial charge is 0.324 e. The van der Waals surface area contributed by atoms with E-state index in [4.69, 9.17) is 11.6 Å². The molecule has 2 N–H and O–H groups in total. The number of carbonyl (C=O) groups excluding carboxylic acids is 3. The third kappa shape index (κ3) is 2.26. The molecular formula is C23H22ClN3O3. The highest BCUT2D eigenvalue weighted by atomic mass is 35.5. The summed E-state index contributed by atoms with van der Waals surface area (Å²) < 4.78 is 0. The maximum absolute atomic E-state index is 13.8. The van der Waals surface area contributed by atoms with E-state index in [1.807, 2.05) is 38.1 Å². The van der Waals surface area contributed by atoms with Crippen LogP contribution < -0.4 is 15.5 Å². The van der Waals surface area contributed by atoms with Gasteiger partial charge in [-0.3, -0.25) is 19.7 Å². The van der Waals surface area contributed by atoms with Crippen LogP contribution in [0.3, 0.4) is 0 Å². The van der Waals surface area contributed by atoms with Gasteiger partial charge in [0.25, 0.3) is 0 Å². The lowest BCUT2D eigenvalue weighted by Crippen LogP contribution is -2.54. The number of imide groups is 1. The van der Waals surface area contributed by atoms with E-state index < -0.39 is 17.4 Å². The van der Waals surface area contributed by atoms with E-state index in [0.29, 0.717) is 22.0 Å². The lowest BCUT2D eigenvalue weighted by molar-refractivity contribution is -0.130. The quantitative estimate of drug-likeness (QED) is 0.727. The Morgan fingerprint density at radius 3 is 2.50 bits per heavy atom. The van der Waals surface area contributed by atoms with Gasteiger partial charge in [0, 0.05) is 22.3 Å². The van der Waals surface area contributed by atoms with Gasteiger partial charge in [-0.1, -0.05) is 49.7 Å². The molecule has 2 aromatic rings. The van der Waals surface area contributed by atoms with Crippen LogP contribution in [-0.4, -0.2) is 23.8 Å². The standard InChI is InChI=1S/C23H22ClN3O3/c1-11(2)19-17-18(23(26-19)13-7-4-5-9-15(13)25-22(23)30)21(29)27(20(17)28)16-10-6-8-14(24)12(16)3/h4-11,17-19,26H,1-3H3,(H,25,30)/t17-,18-,19-,23-/m0/s1. The number of hydrogen-bond acceptors (Lipinski definition) is 4. The minimum Gasteiger partial charge on any atom is -0.324 e. The predicted molar refractivity (Wildman–Crippen MR) is 114 cm³/mol. The molecule has 3 aliphatic heterocycles. The Balaban J connectivity index is 1.71. The molecule has 2 fully saturated rings. The molecule has 0 aromatic heterocycles. The van der Waals surface area contributed by atoms with Crippen molar-refractivity contribution in [2.75, 3.05) is 10.2 Å². The molecule has 0 saturated carbocycles. The summed E-state index contributed by atoms with van der Waals surface area (Å²) in [4.78, 5) is 42.0. The van der Waals surface area contributed by atoms with Gasteiger partial charge in [-0.15, -0.1) is 0 Å². The number of carbonyl (C=O) groups is 3. The van der Waals surface area contributed by atoms with Crippen molar-refractivity contribution in [3.8, 4) is 0 Å². The summed E-state index contributed by atoms with van der Waals surface area (Å²) in [6.07, 6.45) is 0. The number of fused-ring (bicyclic) bond motifs is 4. The van der Waals surface area contributed by atoms with Crippen molar-refractivity contribution in [1.82, 2.24) is 5.32 Å². The molecule has 0 bridgehead atoms. The summed E-state index contributed by atoms with van der Waals surface area (Å²) in [5, 5.41) is 6.82. The second kappa shape index (κ2) is 6.40. The molecule has 0 aliphatic carbocycles. The van der Waals surface area contributed by atoms with Crippen LogP contribution in [0.15, 0.2) is 42.5 Å². The monoisotopic (exact) mass is 423 g/mol. The molecule has 3 aliphatic rings. The van der Waals surface area contributed by atoms with Gasteiger partial charge in [0.1, 0.15) is 5.54 Å². The van der Waals surface area contributed by atoms with Crippen LogP contribution in [0.4, 0.5) is 11.4 Å². The van der Waals surface area contributed by atoms with Crippen molar-refractivity contribution in [2.45, 2.75) is 32.4 Å². The van der Waals surface area contributed by atoms with Gasteiger partial charge in [-0.05, 0) is 36.6 Å². The molecule has 2 saturated heterocycles. The van der Waals surface area contributed by atoms with Crippen LogP contribution in [0.25, 0.3) is 0 Å². The molecule has 2 aromatic carbocycles. The highest BCUT2D eigenvalue weighted by Crippen LogP contribution is 2.54. The fourth-order valence-corrected chi connectivity index (χ4v) is 5.51. The molecule has 154 valence electrons. The third-order valence-electron chi connectivity index (χ3n) is 6.76. The number of halogens is 1. The Morgan fingerprint density at radius 2 is 1.77 bits per heavy atom. The first-order valence-electron chi connectivity index (χ1n) is 10.1. The first kappa shape index (κ1) is 19.3. The molecule has 7 heteroatoms. The Bertz CT molecular complexity index is 1110. The highest BCUT2D eigenvalue weighted by molar-refractivity contribution is 6.32. The Kier molecular flexibility index (Phi) is 4.11. The number of benzene rings is 2. The van der Waals surface area contributed by atoms with Crippen LogP contribution in [-0.2, 0) is 19.9 Å². The van der Waals surface area contributed by atoms with Crippen molar-refractivity contribution < 1.29 is 14.4 Å². The Hall–Kier alpha value is -2.70. The van der Waals surface area contributed by atoms with E-state index in [-0.39, 0.29) is 29.7 Å². The van der Waals surface area contributed by atoms with E-state index in [9.17, 15) is 14.4 Å². The van der Waals surface area contributed by atoms with Crippen molar-refractivity contribution in [3.05, 3.63) is 58.6 Å². The number of para-hydroxylation sites is 1. The first-order chi connectivity index (χ1) is 14.3. The summed E-state index contributed by atoms with van der Waals surface area (Å²) in [7, 11) is 0. The van der Waals surface area contributed by atoms with E-state index in [1.165, 1.54) is 4.90 Å². The van der Waals surface area contributed by atoms with Crippen molar-refractivity contribution in [2.24, 2.45) is 17.8 Å². The Labute approximate surface area is 179 Å². The number of rotatable bonds is 2. The fraction of sp³-hybridized carbons (Fsp3) is 0.348. The van der Waals surface area contributed by atoms with Gasteiger partial charge in [0.15, 0.2) is 0 Å². The molecule has 30 heavy (non-hydrogen) atoms. The zero-order chi connectivity index (χ0) is 21.4. The number of nitrogens with zero attached hydrogens (tertiary/aromatic N) is 1. The topological polar surface area (TPSA) is 78.5 Å². The zero-order valence-corrected chi connectivity index (χ0v) is 17.7. The van der Waals surface area contributed by atoms with Crippen LogP contribution in [0.5, 0.6) is 0 Å². The summed E-state index contributed by atoms with van der Waals surface area (Å²) >= 11 is 6.27. The first-order valence-corrected chi connectivity index (χ1v) is 10.5. The fourth-order valence-electron chi connectivity index (χ4n) is 5.34. The van der Waals surface area contributed by atoms with E-state index >= 15 is 0 Å². The van der Waals surface area contributed by atoms with Gasteiger partial charge in [0.05, 0.1) is 17.5 Å². The van der Waals surface area contributed by atoms with Crippen molar-refractivity contribution in [3.63, 3.8) is 0 Å². The van der Waals surface area contributed by atoms with Gasteiger partial charge < -0.3 is 5.32 Å². The van der Waals surface area contributed by atoms with Crippen molar-refractivity contribution >= 4 is 40.7 Å².